The van der Waals surface area contributed by atoms with Crippen LogP contribution in [0.2, 0.25) is 0 Å². The molecular weight excluding hydrogens is 394 g/mol. The van der Waals surface area contributed by atoms with Gasteiger partial charge in [0.25, 0.3) is 0 Å². The Hall–Kier alpha value is -3.48. The third-order valence-corrected chi connectivity index (χ3v) is 5.75. The standard InChI is InChI=1S/C24H19N3O2S/c25-21(19-12-7-13-28-19)22-20-18(17-10-5-2-6-11-17)15-30-23(20)27-24(26-22)29-14-16-8-3-1-4-9-16/h1-13,15,21H,14,25H2. The van der Waals surface area contributed by atoms with Crippen molar-refractivity contribution in [2.24, 2.45) is 5.73 Å². The van der Waals surface area contributed by atoms with E-state index in [0.29, 0.717) is 24.1 Å². The highest BCUT2D eigenvalue weighted by Crippen LogP contribution is 2.38. The largest absolute Gasteiger partial charge is 0.467 e. The molecule has 1 atom stereocenters. The second-order valence-corrected chi connectivity index (χ2v) is 7.71. The highest BCUT2D eigenvalue weighted by Gasteiger charge is 2.23. The Bertz CT molecular complexity index is 1250. The molecule has 0 aliphatic carbocycles. The van der Waals surface area contributed by atoms with E-state index in [0.717, 1.165) is 26.9 Å². The first-order valence-electron chi connectivity index (χ1n) is 9.60. The predicted octanol–water partition coefficient (Wildman–Crippen LogP) is 5.58. The minimum Gasteiger partial charge on any atom is -0.467 e. The van der Waals surface area contributed by atoms with E-state index < -0.39 is 6.04 Å². The average molecular weight is 414 g/mol. The van der Waals surface area contributed by atoms with Crippen molar-refractivity contribution in [3.63, 3.8) is 0 Å². The lowest BCUT2D eigenvalue weighted by Crippen LogP contribution is -2.14. The van der Waals surface area contributed by atoms with Crippen molar-refractivity contribution < 1.29 is 9.15 Å². The zero-order chi connectivity index (χ0) is 20.3. The first-order valence-corrected chi connectivity index (χ1v) is 10.5. The molecule has 0 saturated heterocycles. The maximum atomic E-state index is 6.57. The number of fused-ring (bicyclic) bond motifs is 1. The van der Waals surface area contributed by atoms with Gasteiger partial charge in [-0.15, -0.1) is 11.3 Å². The average Bonchev–Trinajstić information content (AvgIpc) is 3.48. The van der Waals surface area contributed by atoms with Crippen LogP contribution in [0.15, 0.2) is 88.9 Å². The maximum Gasteiger partial charge on any atom is 0.318 e. The van der Waals surface area contributed by atoms with E-state index in [4.69, 9.17) is 19.9 Å². The van der Waals surface area contributed by atoms with Crippen LogP contribution in [0.3, 0.4) is 0 Å². The summed E-state index contributed by atoms with van der Waals surface area (Å²) in [5, 5.41) is 3.02. The lowest BCUT2D eigenvalue weighted by atomic mass is 10.0. The van der Waals surface area contributed by atoms with E-state index in [2.05, 4.69) is 22.5 Å². The van der Waals surface area contributed by atoms with Gasteiger partial charge in [0, 0.05) is 16.3 Å². The summed E-state index contributed by atoms with van der Waals surface area (Å²) in [5.74, 6) is 0.647. The highest BCUT2D eigenvalue weighted by molar-refractivity contribution is 7.17. The van der Waals surface area contributed by atoms with Gasteiger partial charge in [-0.25, -0.2) is 0 Å². The SMILES string of the molecule is NC(c1ccco1)c1nc(OCc2ccccc2)nc2scc(-c3ccccc3)c12. The number of rotatable bonds is 6. The van der Waals surface area contributed by atoms with E-state index in [-0.39, 0.29) is 0 Å². The van der Waals surface area contributed by atoms with Gasteiger partial charge in [0.1, 0.15) is 23.2 Å². The van der Waals surface area contributed by atoms with Gasteiger partial charge in [0.2, 0.25) is 0 Å². The summed E-state index contributed by atoms with van der Waals surface area (Å²) < 4.78 is 11.5. The molecule has 1 unspecified atom stereocenters. The number of nitrogens with zero attached hydrogens (tertiary/aromatic N) is 2. The number of hydrogen-bond donors (Lipinski definition) is 1. The molecule has 5 rings (SSSR count). The first-order chi connectivity index (χ1) is 14.8. The third kappa shape index (κ3) is 3.58. The molecule has 0 fully saturated rings. The maximum absolute atomic E-state index is 6.57. The summed E-state index contributed by atoms with van der Waals surface area (Å²) in [5.41, 5.74) is 10.5. The monoisotopic (exact) mass is 413 g/mol. The van der Waals surface area contributed by atoms with Gasteiger partial charge >= 0.3 is 6.01 Å². The van der Waals surface area contributed by atoms with E-state index in [1.165, 1.54) is 0 Å². The Morgan fingerprint density at radius 1 is 0.933 bits per heavy atom. The smallest absolute Gasteiger partial charge is 0.318 e. The molecule has 0 aliphatic heterocycles. The Morgan fingerprint density at radius 2 is 1.70 bits per heavy atom. The molecule has 2 aromatic carbocycles. The summed E-state index contributed by atoms with van der Waals surface area (Å²) in [6, 6.07) is 23.6. The molecule has 2 N–H and O–H groups in total. The van der Waals surface area contributed by atoms with Crippen molar-refractivity contribution in [1.82, 2.24) is 9.97 Å². The van der Waals surface area contributed by atoms with Crippen LogP contribution in [0, 0.1) is 0 Å². The molecule has 0 radical (unpaired) electrons. The van der Waals surface area contributed by atoms with Gasteiger partial charge in [-0.1, -0.05) is 60.7 Å². The normalized spacial score (nSPS) is 12.2. The van der Waals surface area contributed by atoms with Crippen LogP contribution in [-0.2, 0) is 6.61 Å². The van der Waals surface area contributed by atoms with Crippen LogP contribution in [0.5, 0.6) is 6.01 Å². The molecule has 30 heavy (non-hydrogen) atoms. The zero-order valence-corrected chi connectivity index (χ0v) is 16.9. The number of hydrogen-bond acceptors (Lipinski definition) is 6. The summed E-state index contributed by atoms with van der Waals surface area (Å²) in [6.07, 6.45) is 1.62. The van der Waals surface area contributed by atoms with Crippen LogP contribution in [-0.4, -0.2) is 9.97 Å². The van der Waals surface area contributed by atoms with E-state index in [9.17, 15) is 0 Å². The number of thiophene rings is 1. The Morgan fingerprint density at radius 3 is 2.43 bits per heavy atom. The van der Waals surface area contributed by atoms with E-state index >= 15 is 0 Å². The summed E-state index contributed by atoms with van der Waals surface area (Å²) >= 11 is 1.56. The van der Waals surface area contributed by atoms with Crippen LogP contribution in [0.25, 0.3) is 21.3 Å². The number of ether oxygens (including phenoxy) is 1. The topological polar surface area (TPSA) is 74.2 Å². The summed E-state index contributed by atoms with van der Waals surface area (Å²) in [6.45, 7) is 0.388. The second-order valence-electron chi connectivity index (χ2n) is 6.85. The summed E-state index contributed by atoms with van der Waals surface area (Å²) in [4.78, 5) is 10.2. The van der Waals surface area contributed by atoms with Crippen molar-refractivity contribution in [2.45, 2.75) is 12.6 Å². The molecule has 5 aromatic rings. The predicted molar refractivity (Wildman–Crippen MR) is 118 cm³/mol. The van der Waals surface area contributed by atoms with Crippen molar-refractivity contribution in [1.29, 1.82) is 0 Å². The molecule has 3 heterocycles. The van der Waals surface area contributed by atoms with Crippen molar-refractivity contribution in [2.75, 3.05) is 0 Å². The third-order valence-electron chi connectivity index (χ3n) is 4.88. The van der Waals surface area contributed by atoms with Gasteiger partial charge in [0.05, 0.1) is 12.0 Å². The lowest BCUT2D eigenvalue weighted by molar-refractivity contribution is 0.280. The first kappa shape index (κ1) is 18.5. The Balaban J connectivity index is 1.60. The lowest BCUT2D eigenvalue weighted by Gasteiger charge is -2.13. The van der Waals surface area contributed by atoms with Gasteiger partial charge in [-0.3, -0.25) is 0 Å². The Labute approximate surface area is 177 Å². The minimum atomic E-state index is -0.526. The number of furan rings is 1. The van der Waals surface area contributed by atoms with Crippen LogP contribution in [0.4, 0.5) is 0 Å². The molecule has 0 amide bonds. The van der Waals surface area contributed by atoms with Gasteiger partial charge in [-0.05, 0) is 23.3 Å². The fraction of sp³-hybridized carbons (Fsp3) is 0.0833. The zero-order valence-electron chi connectivity index (χ0n) is 16.1. The summed E-state index contributed by atoms with van der Waals surface area (Å²) in [7, 11) is 0. The number of nitrogens with two attached hydrogens (primary N) is 1. The van der Waals surface area contributed by atoms with Crippen LogP contribution in [0.1, 0.15) is 23.1 Å². The fourth-order valence-electron chi connectivity index (χ4n) is 3.39. The molecule has 0 bridgehead atoms. The van der Waals surface area contributed by atoms with Crippen LogP contribution >= 0.6 is 11.3 Å². The molecule has 3 aromatic heterocycles. The van der Waals surface area contributed by atoms with Crippen LogP contribution < -0.4 is 10.5 Å². The van der Waals surface area contributed by atoms with Gasteiger partial charge in [-0.2, -0.15) is 9.97 Å². The number of aromatic nitrogens is 2. The molecule has 148 valence electrons. The number of benzene rings is 2. The molecule has 0 saturated carbocycles. The van der Waals surface area contributed by atoms with Gasteiger partial charge in [0.15, 0.2) is 0 Å². The van der Waals surface area contributed by atoms with E-state index in [1.54, 1.807) is 17.6 Å². The molecular formula is C24H19N3O2S. The second kappa shape index (κ2) is 8.10. The van der Waals surface area contributed by atoms with Crippen molar-refractivity contribution >= 4 is 21.6 Å². The molecule has 6 heteroatoms. The van der Waals surface area contributed by atoms with E-state index in [1.807, 2.05) is 60.7 Å². The molecule has 0 spiro atoms. The molecule has 5 nitrogen and oxygen atoms in total. The Kier molecular flexibility index (Phi) is 5.01. The van der Waals surface area contributed by atoms with Crippen molar-refractivity contribution in [3.05, 3.63) is 101 Å². The quantitative estimate of drug-likeness (QED) is 0.393. The highest BCUT2D eigenvalue weighted by atomic mass is 32.1. The minimum absolute atomic E-state index is 0.310. The van der Waals surface area contributed by atoms with Crippen molar-refractivity contribution in [3.8, 4) is 17.1 Å². The fourth-order valence-corrected chi connectivity index (χ4v) is 4.34. The molecule has 0 aliphatic rings. The van der Waals surface area contributed by atoms with Gasteiger partial charge < -0.3 is 14.9 Å².